The molecule has 0 radical (unpaired) electrons. The average Bonchev–Trinajstić information content (AvgIpc) is 2.55. The quantitative estimate of drug-likeness (QED) is 0.369. The second kappa shape index (κ2) is 6.09. The SMILES string of the molecule is N=C(N)c1ccc(/N=N/c2c(N)ncc3cccc(Br)c23)cn1. The van der Waals surface area contributed by atoms with E-state index < -0.39 is 0 Å². The Balaban J connectivity index is 2.04. The van der Waals surface area contributed by atoms with E-state index in [0.717, 1.165) is 15.2 Å². The number of azo groups is 1. The van der Waals surface area contributed by atoms with Gasteiger partial charge in [-0.3, -0.25) is 10.4 Å². The van der Waals surface area contributed by atoms with Crippen molar-refractivity contribution < 1.29 is 0 Å². The molecule has 0 saturated carbocycles. The molecular formula is C15H12BrN7. The van der Waals surface area contributed by atoms with Gasteiger partial charge in [0.25, 0.3) is 0 Å². The van der Waals surface area contributed by atoms with Crippen molar-refractivity contribution in [1.82, 2.24) is 9.97 Å². The first-order valence-corrected chi connectivity index (χ1v) is 7.40. The Kier molecular flexibility index (Phi) is 3.98. The zero-order valence-electron chi connectivity index (χ0n) is 11.9. The van der Waals surface area contributed by atoms with Crippen LogP contribution in [-0.4, -0.2) is 15.8 Å². The van der Waals surface area contributed by atoms with Gasteiger partial charge in [-0.05, 0) is 18.2 Å². The predicted octanol–water partition coefficient (Wildman–Crippen LogP) is 3.67. The summed E-state index contributed by atoms with van der Waals surface area (Å²) < 4.78 is 0.864. The van der Waals surface area contributed by atoms with Crippen molar-refractivity contribution in [3.05, 3.63) is 52.9 Å². The number of hydrogen-bond donors (Lipinski definition) is 3. The lowest BCUT2D eigenvalue weighted by Crippen LogP contribution is -2.12. The number of fused-ring (bicyclic) bond motifs is 1. The smallest absolute Gasteiger partial charge is 0.151 e. The first kappa shape index (κ1) is 15.0. The van der Waals surface area contributed by atoms with Gasteiger partial charge in [0, 0.05) is 21.4 Å². The Labute approximate surface area is 140 Å². The number of benzene rings is 1. The molecule has 2 aromatic heterocycles. The maximum Gasteiger partial charge on any atom is 0.151 e. The van der Waals surface area contributed by atoms with Crippen molar-refractivity contribution in [3.8, 4) is 0 Å². The monoisotopic (exact) mass is 369 g/mol. The third kappa shape index (κ3) is 3.02. The number of anilines is 1. The number of amidine groups is 1. The Hall–Kier alpha value is -2.87. The molecule has 23 heavy (non-hydrogen) atoms. The lowest BCUT2D eigenvalue weighted by Gasteiger charge is -2.05. The van der Waals surface area contributed by atoms with Gasteiger partial charge in [-0.1, -0.05) is 28.1 Å². The van der Waals surface area contributed by atoms with Crippen LogP contribution in [0, 0.1) is 5.41 Å². The Morgan fingerprint density at radius 2 is 1.91 bits per heavy atom. The summed E-state index contributed by atoms with van der Waals surface area (Å²) in [6.45, 7) is 0. The van der Waals surface area contributed by atoms with Crippen molar-refractivity contribution >= 4 is 49.7 Å². The van der Waals surface area contributed by atoms with Crippen LogP contribution in [0.5, 0.6) is 0 Å². The summed E-state index contributed by atoms with van der Waals surface area (Å²) in [7, 11) is 0. The van der Waals surface area contributed by atoms with E-state index in [1.54, 1.807) is 18.3 Å². The summed E-state index contributed by atoms with van der Waals surface area (Å²) in [4.78, 5) is 8.17. The van der Waals surface area contributed by atoms with Gasteiger partial charge in [0.05, 0.1) is 6.20 Å². The zero-order chi connectivity index (χ0) is 16.4. The minimum atomic E-state index is -0.0973. The molecule has 3 aromatic rings. The topological polar surface area (TPSA) is 126 Å². The summed E-state index contributed by atoms with van der Waals surface area (Å²) in [5.74, 6) is 0.196. The maximum absolute atomic E-state index is 7.32. The van der Waals surface area contributed by atoms with Crippen molar-refractivity contribution in [2.24, 2.45) is 16.0 Å². The number of nitrogens with one attached hydrogen (secondary N) is 1. The second-order valence-corrected chi connectivity index (χ2v) is 5.57. The molecule has 0 saturated heterocycles. The summed E-state index contributed by atoms with van der Waals surface area (Å²) in [5, 5.41) is 17.4. The number of hydrogen-bond acceptors (Lipinski definition) is 6. The predicted molar refractivity (Wildman–Crippen MR) is 93.3 cm³/mol. The molecule has 5 N–H and O–H groups in total. The lowest BCUT2D eigenvalue weighted by atomic mass is 10.1. The molecule has 114 valence electrons. The molecule has 0 bridgehead atoms. The van der Waals surface area contributed by atoms with E-state index >= 15 is 0 Å². The molecule has 1 aromatic carbocycles. The fourth-order valence-corrected chi connectivity index (χ4v) is 2.61. The van der Waals surface area contributed by atoms with Gasteiger partial charge in [-0.25, -0.2) is 4.98 Å². The van der Waals surface area contributed by atoms with E-state index in [0.29, 0.717) is 22.9 Å². The first-order chi connectivity index (χ1) is 11.1. The standard InChI is InChI=1S/C15H12BrN7/c16-10-3-1-2-8-6-21-15(19)13(12(8)10)23-22-9-4-5-11(14(17)18)20-7-9/h1-7H,(H3,17,18)(H2,19,21)/b23-22+. The van der Waals surface area contributed by atoms with E-state index in [2.05, 4.69) is 36.1 Å². The Morgan fingerprint density at radius 3 is 2.61 bits per heavy atom. The fourth-order valence-electron chi connectivity index (χ4n) is 2.04. The largest absolute Gasteiger partial charge is 0.382 e. The molecular weight excluding hydrogens is 358 g/mol. The number of nitrogens with zero attached hydrogens (tertiary/aromatic N) is 4. The number of nitrogens with two attached hydrogens (primary N) is 2. The highest BCUT2D eigenvalue weighted by Gasteiger charge is 2.09. The van der Waals surface area contributed by atoms with Crippen LogP contribution >= 0.6 is 15.9 Å². The zero-order valence-corrected chi connectivity index (χ0v) is 13.4. The molecule has 3 rings (SSSR count). The summed E-state index contributed by atoms with van der Waals surface area (Å²) >= 11 is 3.50. The highest BCUT2D eigenvalue weighted by molar-refractivity contribution is 9.10. The molecule has 0 amide bonds. The Morgan fingerprint density at radius 1 is 1.09 bits per heavy atom. The van der Waals surface area contributed by atoms with Gasteiger partial charge in [-0.15, -0.1) is 10.2 Å². The van der Waals surface area contributed by atoms with E-state index in [4.69, 9.17) is 16.9 Å². The molecule has 0 fully saturated rings. The average molecular weight is 370 g/mol. The van der Waals surface area contributed by atoms with E-state index in [9.17, 15) is 0 Å². The normalized spacial score (nSPS) is 11.2. The molecule has 0 spiro atoms. The molecule has 0 unspecified atom stereocenters. The van der Waals surface area contributed by atoms with Crippen LogP contribution in [-0.2, 0) is 0 Å². The van der Waals surface area contributed by atoms with E-state index in [1.165, 1.54) is 6.20 Å². The van der Waals surface area contributed by atoms with Gasteiger partial charge in [0.1, 0.15) is 22.9 Å². The molecule has 8 heteroatoms. The summed E-state index contributed by atoms with van der Waals surface area (Å²) in [6, 6.07) is 9.03. The number of pyridine rings is 2. The van der Waals surface area contributed by atoms with Gasteiger partial charge in [-0.2, -0.15) is 0 Å². The lowest BCUT2D eigenvalue weighted by molar-refractivity contribution is 1.18. The van der Waals surface area contributed by atoms with Crippen molar-refractivity contribution in [2.75, 3.05) is 5.73 Å². The minimum Gasteiger partial charge on any atom is -0.382 e. The Bertz CT molecular complexity index is 919. The highest BCUT2D eigenvalue weighted by atomic mass is 79.9. The van der Waals surface area contributed by atoms with Crippen molar-refractivity contribution in [3.63, 3.8) is 0 Å². The van der Waals surface area contributed by atoms with Crippen LogP contribution in [0.1, 0.15) is 5.69 Å². The van der Waals surface area contributed by atoms with E-state index in [-0.39, 0.29) is 5.84 Å². The molecule has 0 aliphatic carbocycles. The van der Waals surface area contributed by atoms with E-state index in [1.807, 2.05) is 18.2 Å². The van der Waals surface area contributed by atoms with Crippen molar-refractivity contribution in [2.45, 2.75) is 0 Å². The molecule has 0 aliphatic rings. The van der Waals surface area contributed by atoms with Crippen LogP contribution in [0.15, 0.2) is 57.4 Å². The fraction of sp³-hybridized carbons (Fsp3) is 0. The highest BCUT2D eigenvalue weighted by Crippen LogP contribution is 2.36. The van der Waals surface area contributed by atoms with Crippen LogP contribution in [0.3, 0.4) is 0 Å². The summed E-state index contributed by atoms with van der Waals surface area (Å²) in [5.41, 5.74) is 12.7. The molecule has 0 aliphatic heterocycles. The minimum absolute atomic E-state index is 0.0973. The number of halogens is 1. The van der Waals surface area contributed by atoms with Crippen molar-refractivity contribution in [1.29, 1.82) is 5.41 Å². The maximum atomic E-state index is 7.32. The van der Waals surface area contributed by atoms with Gasteiger partial charge >= 0.3 is 0 Å². The molecule has 0 atom stereocenters. The van der Waals surface area contributed by atoms with Gasteiger partial charge in [0.15, 0.2) is 5.82 Å². The molecule has 7 nitrogen and oxygen atoms in total. The van der Waals surface area contributed by atoms with Crippen LogP contribution < -0.4 is 11.5 Å². The third-order valence-electron chi connectivity index (χ3n) is 3.16. The second-order valence-electron chi connectivity index (χ2n) is 4.71. The number of rotatable bonds is 3. The van der Waals surface area contributed by atoms with Gasteiger partial charge < -0.3 is 11.5 Å². The number of aromatic nitrogens is 2. The first-order valence-electron chi connectivity index (χ1n) is 6.61. The molecule has 2 heterocycles. The van der Waals surface area contributed by atoms with Crippen LogP contribution in [0.2, 0.25) is 0 Å². The third-order valence-corrected chi connectivity index (χ3v) is 3.82. The number of nitrogen functional groups attached to an aromatic ring is 2. The van der Waals surface area contributed by atoms with Crippen LogP contribution in [0.25, 0.3) is 10.8 Å². The summed E-state index contributed by atoms with van der Waals surface area (Å²) in [6.07, 6.45) is 3.18. The van der Waals surface area contributed by atoms with Crippen LogP contribution in [0.4, 0.5) is 17.2 Å². The van der Waals surface area contributed by atoms with Gasteiger partial charge in [0.2, 0.25) is 0 Å².